The van der Waals surface area contributed by atoms with E-state index < -0.39 is 0 Å². The average molecular weight is 180 g/mol. The SMILES string of the molecule is CCC1CC(C)(C)C(C)=C(C)C1C. The van der Waals surface area contributed by atoms with Gasteiger partial charge in [0.1, 0.15) is 0 Å². The van der Waals surface area contributed by atoms with Gasteiger partial charge < -0.3 is 0 Å². The van der Waals surface area contributed by atoms with Crippen LogP contribution in [0, 0.1) is 17.3 Å². The maximum atomic E-state index is 2.39. The molecule has 76 valence electrons. The summed E-state index contributed by atoms with van der Waals surface area (Å²) >= 11 is 0. The third-order valence-corrected chi connectivity index (χ3v) is 4.29. The lowest BCUT2D eigenvalue weighted by Gasteiger charge is -2.41. The van der Waals surface area contributed by atoms with Gasteiger partial charge in [-0.2, -0.15) is 0 Å². The number of hydrogen-bond donors (Lipinski definition) is 0. The van der Waals surface area contributed by atoms with Crippen LogP contribution in [-0.2, 0) is 0 Å². The smallest absolute Gasteiger partial charge is 0.0142 e. The van der Waals surface area contributed by atoms with Crippen LogP contribution in [0.3, 0.4) is 0 Å². The van der Waals surface area contributed by atoms with E-state index in [-0.39, 0.29) is 0 Å². The van der Waals surface area contributed by atoms with E-state index in [2.05, 4.69) is 41.5 Å². The maximum Gasteiger partial charge on any atom is -0.0142 e. The molecule has 0 nitrogen and oxygen atoms in total. The fourth-order valence-corrected chi connectivity index (χ4v) is 2.71. The van der Waals surface area contributed by atoms with Gasteiger partial charge in [0.05, 0.1) is 0 Å². The van der Waals surface area contributed by atoms with E-state index in [1.807, 2.05) is 0 Å². The van der Waals surface area contributed by atoms with Gasteiger partial charge in [-0.05, 0) is 37.5 Å². The Balaban J connectivity index is 3.01. The van der Waals surface area contributed by atoms with E-state index >= 15 is 0 Å². The Morgan fingerprint density at radius 2 is 1.85 bits per heavy atom. The lowest BCUT2D eigenvalue weighted by atomic mass is 9.64. The van der Waals surface area contributed by atoms with Crippen molar-refractivity contribution in [3.8, 4) is 0 Å². The summed E-state index contributed by atoms with van der Waals surface area (Å²) in [5.41, 5.74) is 3.71. The highest BCUT2D eigenvalue weighted by molar-refractivity contribution is 5.23. The topological polar surface area (TPSA) is 0 Å². The third kappa shape index (κ3) is 1.82. The fourth-order valence-electron chi connectivity index (χ4n) is 2.71. The Labute approximate surface area is 83.4 Å². The van der Waals surface area contributed by atoms with Crippen molar-refractivity contribution in [2.24, 2.45) is 17.3 Å². The monoisotopic (exact) mass is 180 g/mol. The van der Waals surface area contributed by atoms with Crippen LogP contribution in [0.5, 0.6) is 0 Å². The maximum absolute atomic E-state index is 2.39. The second-order valence-corrected chi connectivity index (χ2v) is 5.35. The average Bonchev–Trinajstić information content (AvgIpc) is 2.08. The molecule has 1 rings (SSSR count). The van der Waals surface area contributed by atoms with E-state index in [9.17, 15) is 0 Å². The third-order valence-electron chi connectivity index (χ3n) is 4.29. The Hall–Kier alpha value is -0.260. The van der Waals surface area contributed by atoms with E-state index in [1.54, 1.807) is 11.1 Å². The number of rotatable bonds is 1. The molecule has 0 bridgehead atoms. The zero-order chi connectivity index (χ0) is 10.2. The number of allylic oxidation sites excluding steroid dienone is 2. The van der Waals surface area contributed by atoms with Gasteiger partial charge in [0.2, 0.25) is 0 Å². The molecule has 0 fully saturated rings. The van der Waals surface area contributed by atoms with Crippen molar-refractivity contribution in [2.75, 3.05) is 0 Å². The van der Waals surface area contributed by atoms with Crippen molar-refractivity contribution >= 4 is 0 Å². The van der Waals surface area contributed by atoms with Gasteiger partial charge in [0, 0.05) is 0 Å². The molecule has 13 heavy (non-hydrogen) atoms. The molecule has 2 unspecified atom stereocenters. The van der Waals surface area contributed by atoms with Crippen LogP contribution in [0.4, 0.5) is 0 Å². The summed E-state index contributed by atoms with van der Waals surface area (Å²) in [4.78, 5) is 0. The summed E-state index contributed by atoms with van der Waals surface area (Å²) in [5.74, 6) is 1.71. The van der Waals surface area contributed by atoms with Crippen molar-refractivity contribution in [3.63, 3.8) is 0 Å². The minimum atomic E-state index is 0.442. The zero-order valence-corrected chi connectivity index (χ0v) is 10.1. The van der Waals surface area contributed by atoms with Crippen LogP contribution in [-0.4, -0.2) is 0 Å². The van der Waals surface area contributed by atoms with Crippen LogP contribution in [0.1, 0.15) is 54.4 Å². The molecule has 0 saturated carbocycles. The molecule has 0 saturated heterocycles. The van der Waals surface area contributed by atoms with Crippen molar-refractivity contribution in [1.82, 2.24) is 0 Å². The first-order valence-electron chi connectivity index (χ1n) is 5.58. The van der Waals surface area contributed by atoms with Gasteiger partial charge in [-0.25, -0.2) is 0 Å². The molecule has 0 aromatic rings. The molecule has 1 aliphatic carbocycles. The van der Waals surface area contributed by atoms with E-state index in [1.165, 1.54) is 12.8 Å². The van der Waals surface area contributed by atoms with Gasteiger partial charge in [0.15, 0.2) is 0 Å². The Bertz CT molecular complexity index is 220. The van der Waals surface area contributed by atoms with Crippen LogP contribution in [0.25, 0.3) is 0 Å². The van der Waals surface area contributed by atoms with Crippen molar-refractivity contribution in [2.45, 2.75) is 54.4 Å². The van der Waals surface area contributed by atoms with Crippen molar-refractivity contribution in [1.29, 1.82) is 0 Å². The lowest BCUT2D eigenvalue weighted by molar-refractivity contribution is 0.228. The summed E-state index contributed by atoms with van der Waals surface area (Å²) < 4.78 is 0. The second-order valence-electron chi connectivity index (χ2n) is 5.35. The summed E-state index contributed by atoms with van der Waals surface area (Å²) in [5, 5.41) is 0. The number of hydrogen-bond acceptors (Lipinski definition) is 0. The lowest BCUT2D eigenvalue weighted by Crippen LogP contribution is -2.29. The molecule has 0 aliphatic heterocycles. The van der Waals surface area contributed by atoms with Crippen LogP contribution in [0.15, 0.2) is 11.1 Å². The summed E-state index contributed by atoms with van der Waals surface area (Å²) in [6.07, 6.45) is 2.70. The molecule has 0 aromatic heterocycles. The Kier molecular flexibility index (Phi) is 2.89. The van der Waals surface area contributed by atoms with E-state index in [0.717, 1.165) is 11.8 Å². The molecule has 1 aliphatic rings. The highest BCUT2D eigenvalue weighted by Gasteiger charge is 2.34. The van der Waals surface area contributed by atoms with Crippen molar-refractivity contribution < 1.29 is 0 Å². The van der Waals surface area contributed by atoms with Gasteiger partial charge in [-0.1, -0.05) is 45.3 Å². The highest BCUT2D eigenvalue weighted by Crippen LogP contribution is 2.46. The Morgan fingerprint density at radius 1 is 1.31 bits per heavy atom. The molecular formula is C13H24. The molecule has 0 spiro atoms. The Morgan fingerprint density at radius 3 is 2.31 bits per heavy atom. The summed E-state index contributed by atoms with van der Waals surface area (Å²) in [6.45, 7) is 14.1. The normalized spacial score (nSPS) is 33.7. The molecule has 0 amide bonds. The summed E-state index contributed by atoms with van der Waals surface area (Å²) in [7, 11) is 0. The molecule has 0 radical (unpaired) electrons. The highest BCUT2D eigenvalue weighted by atomic mass is 14.4. The predicted octanol–water partition coefficient (Wildman–Crippen LogP) is 4.42. The van der Waals surface area contributed by atoms with Gasteiger partial charge in [-0.3, -0.25) is 0 Å². The molecule has 2 atom stereocenters. The van der Waals surface area contributed by atoms with Crippen LogP contribution in [0.2, 0.25) is 0 Å². The van der Waals surface area contributed by atoms with E-state index in [4.69, 9.17) is 0 Å². The molecule has 0 aromatic carbocycles. The first-order chi connectivity index (χ1) is 5.90. The molecular weight excluding hydrogens is 156 g/mol. The predicted molar refractivity (Wildman–Crippen MR) is 59.7 cm³/mol. The fraction of sp³-hybridized carbons (Fsp3) is 0.846. The zero-order valence-electron chi connectivity index (χ0n) is 10.1. The minimum absolute atomic E-state index is 0.442. The van der Waals surface area contributed by atoms with E-state index in [0.29, 0.717) is 5.41 Å². The first kappa shape index (κ1) is 10.8. The summed E-state index contributed by atoms with van der Waals surface area (Å²) in [6, 6.07) is 0. The quantitative estimate of drug-likeness (QED) is 0.524. The largest absolute Gasteiger partial charge is 0.0708 e. The van der Waals surface area contributed by atoms with Gasteiger partial charge in [0.25, 0.3) is 0 Å². The van der Waals surface area contributed by atoms with Crippen molar-refractivity contribution in [3.05, 3.63) is 11.1 Å². The molecule has 0 heterocycles. The van der Waals surface area contributed by atoms with Crippen LogP contribution >= 0.6 is 0 Å². The first-order valence-corrected chi connectivity index (χ1v) is 5.58. The minimum Gasteiger partial charge on any atom is -0.0708 e. The molecule has 0 N–H and O–H groups in total. The van der Waals surface area contributed by atoms with Crippen LogP contribution < -0.4 is 0 Å². The van der Waals surface area contributed by atoms with Gasteiger partial charge in [-0.15, -0.1) is 0 Å². The second kappa shape index (κ2) is 3.48. The molecule has 0 heteroatoms. The van der Waals surface area contributed by atoms with Gasteiger partial charge >= 0.3 is 0 Å². The standard InChI is InChI=1S/C13H24/c1-7-12-8-13(5,6)11(4)9(2)10(12)3/h10,12H,7-8H2,1-6H3.